The van der Waals surface area contributed by atoms with Crippen LogP contribution in [0.4, 0.5) is 17.6 Å². The number of benzene rings is 1. The number of halogens is 5. The second-order valence-electron chi connectivity index (χ2n) is 4.53. The molecule has 0 spiro atoms. The van der Waals surface area contributed by atoms with Gasteiger partial charge in [-0.15, -0.1) is 0 Å². The summed E-state index contributed by atoms with van der Waals surface area (Å²) >= 11 is 5.15. The van der Waals surface area contributed by atoms with E-state index in [1.807, 2.05) is 4.72 Å². The molecule has 0 aliphatic rings. The lowest BCUT2D eigenvalue weighted by Gasteiger charge is -2.11. The van der Waals surface area contributed by atoms with E-state index in [9.17, 15) is 26.0 Å². The maximum Gasteiger partial charge on any atom is 0.246 e. The van der Waals surface area contributed by atoms with E-state index in [0.29, 0.717) is 11.1 Å². The molecule has 0 atom stereocenters. The normalized spacial score (nSPS) is 11.7. The minimum Gasteiger partial charge on any atom is -0.264 e. The molecule has 2 rings (SSSR count). The number of nitrogens with zero attached hydrogens (tertiary/aromatic N) is 1. The van der Waals surface area contributed by atoms with Crippen molar-refractivity contribution >= 4 is 21.6 Å². The molecule has 4 nitrogen and oxygen atoms in total. The average molecular weight is 369 g/mol. The lowest BCUT2D eigenvalue weighted by atomic mass is 10.2. The van der Waals surface area contributed by atoms with E-state index in [1.54, 1.807) is 13.0 Å². The minimum absolute atomic E-state index is 0.350. The van der Waals surface area contributed by atoms with Gasteiger partial charge in [0.1, 0.15) is 5.02 Å². The van der Waals surface area contributed by atoms with Gasteiger partial charge in [0.2, 0.25) is 10.0 Å². The minimum atomic E-state index is -4.82. The van der Waals surface area contributed by atoms with Gasteiger partial charge in [0.25, 0.3) is 0 Å². The van der Waals surface area contributed by atoms with Crippen molar-refractivity contribution in [1.82, 2.24) is 9.71 Å². The quantitative estimate of drug-likeness (QED) is 0.512. The lowest BCUT2D eigenvalue weighted by molar-refractivity contribution is 0.410. The summed E-state index contributed by atoms with van der Waals surface area (Å²) in [6.07, 6.45) is 2.82. The van der Waals surface area contributed by atoms with Crippen LogP contribution >= 0.6 is 11.6 Å². The van der Waals surface area contributed by atoms with Crippen LogP contribution in [0.5, 0.6) is 0 Å². The van der Waals surface area contributed by atoms with Crippen LogP contribution in [0.2, 0.25) is 5.02 Å². The van der Waals surface area contributed by atoms with Crippen molar-refractivity contribution in [2.24, 2.45) is 0 Å². The summed E-state index contributed by atoms with van der Waals surface area (Å²) in [4.78, 5) is 2.10. The van der Waals surface area contributed by atoms with Crippen LogP contribution in [-0.4, -0.2) is 13.4 Å². The fraction of sp³-hybridized carbons (Fsp3) is 0.154. The Balaban J connectivity index is 2.43. The van der Waals surface area contributed by atoms with Gasteiger partial charge in [-0.25, -0.2) is 30.7 Å². The standard InChI is InChI=1S/C13H9ClF4N2O2S/c1-6-2-3-19-4-7(6)5-20-23(21,22)13-10(16)8(14)9(15)11(17)12(13)18/h2-4,20H,5H2,1H3. The molecule has 0 radical (unpaired) electrons. The zero-order valence-corrected chi connectivity index (χ0v) is 13.1. The number of aryl methyl sites for hydroxylation is 1. The molecule has 10 heteroatoms. The second kappa shape index (κ2) is 6.42. The molecule has 1 aromatic heterocycles. The molecule has 2 aromatic rings. The Kier molecular flexibility index (Phi) is 4.92. The van der Waals surface area contributed by atoms with E-state index in [2.05, 4.69) is 4.98 Å². The van der Waals surface area contributed by atoms with E-state index >= 15 is 0 Å². The first-order valence-electron chi connectivity index (χ1n) is 6.07. The Morgan fingerprint density at radius 3 is 2.39 bits per heavy atom. The molecule has 1 heterocycles. The number of rotatable bonds is 4. The molecule has 0 aliphatic carbocycles. The molecule has 23 heavy (non-hydrogen) atoms. The summed E-state index contributed by atoms with van der Waals surface area (Å²) < 4.78 is 79.8. The number of hydrogen-bond acceptors (Lipinski definition) is 3. The fourth-order valence-electron chi connectivity index (χ4n) is 1.75. The molecule has 124 valence electrons. The van der Waals surface area contributed by atoms with Gasteiger partial charge in [0.05, 0.1) is 0 Å². The van der Waals surface area contributed by atoms with E-state index in [1.165, 1.54) is 12.4 Å². The average Bonchev–Trinajstić information content (AvgIpc) is 2.50. The van der Waals surface area contributed by atoms with Gasteiger partial charge in [-0.1, -0.05) is 11.6 Å². The van der Waals surface area contributed by atoms with Crippen molar-refractivity contribution in [3.63, 3.8) is 0 Å². The van der Waals surface area contributed by atoms with Crippen molar-refractivity contribution in [3.8, 4) is 0 Å². The first-order chi connectivity index (χ1) is 10.7. The van der Waals surface area contributed by atoms with E-state index in [4.69, 9.17) is 11.6 Å². The molecule has 0 saturated carbocycles. The highest BCUT2D eigenvalue weighted by Gasteiger charge is 2.32. The SMILES string of the molecule is Cc1ccncc1CNS(=O)(=O)c1c(F)c(F)c(F)c(Cl)c1F. The Morgan fingerprint density at radius 1 is 1.13 bits per heavy atom. The molecule has 1 N–H and O–H groups in total. The summed E-state index contributed by atoms with van der Waals surface area (Å²) in [5, 5.41) is -1.44. The largest absolute Gasteiger partial charge is 0.264 e. The van der Waals surface area contributed by atoms with Crippen LogP contribution in [0, 0.1) is 30.2 Å². The fourth-order valence-corrected chi connectivity index (χ4v) is 3.13. The summed E-state index contributed by atoms with van der Waals surface area (Å²) in [7, 11) is -4.82. The molecule has 0 unspecified atom stereocenters. The first kappa shape index (κ1) is 17.6. The van der Waals surface area contributed by atoms with Crippen molar-refractivity contribution in [1.29, 1.82) is 0 Å². The van der Waals surface area contributed by atoms with Gasteiger partial charge in [0, 0.05) is 18.9 Å². The maximum absolute atomic E-state index is 13.8. The second-order valence-corrected chi connectivity index (χ2v) is 6.61. The van der Waals surface area contributed by atoms with Crippen LogP contribution in [0.25, 0.3) is 0 Å². The predicted octanol–water partition coefficient (Wildman–Crippen LogP) is 3.08. The number of aromatic nitrogens is 1. The summed E-state index contributed by atoms with van der Waals surface area (Å²) in [6.45, 7) is 1.32. The molecule has 0 aliphatic heterocycles. The van der Waals surface area contributed by atoms with Gasteiger partial charge < -0.3 is 0 Å². The highest BCUT2D eigenvalue weighted by molar-refractivity contribution is 7.89. The Labute approximate surface area is 134 Å². The molecule has 1 aromatic carbocycles. The van der Waals surface area contributed by atoms with Gasteiger partial charge in [-0.05, 0) is 24.1 Å². The third-order valence-corrected chi connectivity index (χ3v) is 4.79. The smallest absolute Gasteiger partial charge is 0.246 e. The van der Waals surface area contributed by atoms with Crippen LogP contribution in [-0.2, 0) is 16.6 Å². The van der Waals surface area contributed by atoms with Crippen LogP contribution in [0.1, 0.15) is 11.1 Å². The molecular weight excluding hydrogens is 360 g/mol. The zero-order chi connectivity index (χ0) is 17.4. The Hall–Kier alpha value is -1.71. The topological polar surface area (TPSA) is 59.1 Å². The Morgan fingerprint density at radius 2 is 1.78 bits per heavy atom. The third-order valence-electron chi connectivity index (χ3n) is 3.04. The highest BCUT2D eigenvalue weighted by Crippen LogP contribution is 2.30. The Bertz CT molecular complexity index is 846. The molecule has 0 bridgehead atoms. The monoisotopic (exact) mass is 368 g/mol. The number of pyridine rings is 1. The van der Waals surface area contributed by atoms with Crippen molar-refractivity contribution in [2.45, 2.75) is 18.4 Å². The predicted molar refractivity (Wildman–Crippen MR) is 74.3 cm³/mol. The van der Waals surface area contributed by atoms with Crippen LogP contribution < -0.4 is 4.72 Å². The van der Waals surface area contributed by atoms with Gasteiger partial charge in [-0.2, -0.15) is 0 Å². The summed E-state index contributed by atoms with van der Waals surface area (Å²) in [5.41, 5.74) is 1.11. The van der Waals surface area contributed by atoms with Crippen molar-refractivity contribution in [3.05, 3.63) is 57.9 Å². The third kappa shape index (κ3) is 3.31. The number of hydrogen-bond donors (Lipinski definition) is 1. The highest BCUT2D eigenvalue weighted by atomic mass is 35.5. The first-order valence-corrected chi connectivity index (χ1v) is 7.93. The van der Waals surface area contributed by atoms with Crippen LogP contribution in [0.15, 0.2) is 23.4 Å². The van der Waals surface area contributed by atoms with Crippen molar-refractivity contribution in [2.75, 3.05) is 0 Å². The van der Waals surface area contributed by atoms with E-state index in [0.717, 1.165) is 0 Å². The van der Waals surface area contributed by atoms with Gasteiger partial charge >= 0.3 is 0 Å². The van der Waals surface area contributed by atoms with Crippen LogP contribution in [0.3, 0.4) is 0 Å². The van der Waals surface area contributed by atoms with E-state index < -0.39 is 43.2 Å². The lowest BCUT2D eigenvalue weighted by Crippen LogP contribution is -2.26. The summed E-state index contributed by atoms with van der Waals surface area (Å²) in [6, 6.07) is 1.60. The summed E-state index contributed by atoms with van der Waals surface area (Å²) in [5.74, 6) is -8.25. The molecule has 0 amide bonds. The molecule has 0 saturated heterocycles. The van der Waals surface area contributed by atoms with Gasteiger partial charge in [-0.3, -0.25) is 4.98 Å². The molecular formula is C13H9ClF4N2O2S. The number of nitrogens with one attached hydrogen (secondary N) is 1. The van der Waals surface area contributed by atoms with Crippen molar-refractivity contribution < 1.29 is 26.0 Å². The maximum atomic E-state index is 13.8. The zero-order valence-electron chi connectivity index (χ0n) is 11.5. The number of sulfonamides is 1. The molecule has 0 fully saturated rings. The van der Waals surface area contributed by atoms with E-state index in [-0.39, 0.29) is 6.54 Å². The van der Waals surface area contributed by atoms with Gasteiger partial charge in [0.15, 0.2) is 28.2 Å².